The van der Waals surface area contributed by atoms with Crippen LogP contribution >= 0.6 is 22.9 Å². The van der Waals surface area contributed by atoms with Gasteiger partial charge in [-0.15, -0.1) is 0 Å². The number of carbonyl (C=O) groups is 1. The standard InChI is InChI=1S/C27H30ClF4N7O2S.CH4/c1-16-3-2-7-39(14-16)25-22(17-4-5-19(28)18(13-17)27(30,31)32)35-26(42-25)36-23-21(29)24(34-15-33-23)38-11-9-37(10-12-38)8-6-20(40)41;/h4-5,13,15-16H,2-3,6-12,14H2,1H3,(H,40,41)(H,33,34,35,36);1H4/t16-;/m0./s1. The summed E-state index contributed by atoms with van der Waals surface area (Å²) in [7, 11) is 0. The quantitative estimate of drug-likeness (QED) is 0.262. The Hall–Kier alpha value is -3.23. The molecule has 2 aliphatic rings. The first kappa shape index (κ1) is 32.7. The van der Waals surface area contributed by atoms with Crippen LogP contribution in [0.25, 0.3) is 11.3 Å². The van der Waals surface area contributed by atoms with Crippen molar-refractivity contribution >= 4 is 50.7 Å². The molecule has 2 fully saturated rings. The van der Waals surface area contributed by atoms with Crippen molar-refractivity contribution in [3.05, 3.63) is 40.9 Å². The van der Waals surface area contributed by atoms with E-state index in [1.54, 1.807) is 4.90 Å². The van der Waals surface area contributed by atoms with Crippen molar-refractivity contribution in [2.45, 2.75) is 39.8 Å². The van der Waals surface area contributed by atoms with Gasteiger partial charge in [-0.25, -0.2) is 15.0 Å². The van der Waals surface area contributed by atoms with E-state index in [0.717, 1.165) is 32.0 Å². The molecule has 0 radical (unpaired) electrons. The Morgan fingerprint density at radius 2 is 1.91 bits per heavy atom. The number of nitrogens with one attached hydrogen (secondary N) is 1. The van der Waals surface area contributed by atoms with E-state index in [4.69, 9.17) is 16.7 Å². The molecule has 2 aromatic heterocycles. The summed E-state index contributed by atoms with van der Waals surface area (Å²) >= 11 is 7.10. The maximum Gasteiger partial charge on any atom is 0.417 e. The van der Waals surface area contributed by atoms with E-state index >= 15 is 4.39 Å². The lowest BCUT2D eigenvalue weighted by Gasteiger charge is -2.35. The predicted octanol–water partition coefficient (Wildman–Crippen LogP) is 6.62. The van der Waals surface area contributed by atoms with Crippen molar-refractivity contribution in [2.24, 2.45) is 5.92 Å². The zero-order chi connectivity index (χ0) is 30.0. The number of anilines is 4. The summed E-state index contributed by atoms with van der Waals surface area (Å²) in [5.74, 6) is -1.13. The van der Waals surface area contributed by atoms with Crippen LogP contribution in [-0.2, 0) is 11.0 Å². The van der Waals surface area contributed by atoms with Crippen LogP contribution in [0.4, 0.5) is 39.3 Å². The molecule has 0 spiro atoms. The Morgan fingerprint density at radius 3 is 2.58 bits per heavy atom. The van der Waals surface area contributed by atoms with Gasteiger partial charge in [0.05, 0.1) is 17.0 Å². The van der Waals surface area contributed by atoms with Gasteiger partial charge >= 0.3 is 12.1 Å². The fraction of sp³-hybridized carbons (Fsp3) is 0.500. The molecule has 234 valence electrons. The summed E-state index contributed by atoms with van der Waals surface area (Å²) in [5, 5.41) is 12.4. The molecule has 4 heterocycles. The molecule has 2 saturated heterocycles. The second-order valence-corrected chi connectivity index (χ2v) is 11.9. The number of piperidine rings is 1. The minimum atomic E-state index is -4.63. The van der Waals surface area contributed by atoms with Crippen LogP contribution in [0.5, 0.6) is 0 Å². The van der Waals surface area contributed by atoms with Crippen molar-refractivity contribution in [1.82, 2.24) is 19.9 Å². The summed E-state index contributed by atoms with van der Waals surface area (Å²) in [4.78, 5) is 29.6. The smallest absolute Gasteiger partial charge is 0.417 e. The number of carboxylic acids is 1. The number of piperazine rings is 1. The predicted molar refractivity (Wildman–Crippen MR) is 161 cm³/mol. The highest BCUT2D eigenvalue weighted by atomic mass is 35.5. The van der Waals surface area contributed by atoms with E-state index in [2.05, 4.69) is 32.1 Å². The van der Waals surface area contributed by atoms with Gasteiger partial charge in [0.1, 0.15) is 17.0 Å². The molecule has 1 atom stereocenters. The maximum absolute atomic E-state index is 15.7. The van der Waals surface area contributed by atoms with Crippen molar-refractivity contribution in [2.75, 3.05) is 60.9 Å². The Balaban J connectivity index is 0.00000423. The second-order valence-electron chi connectivity index (χ2n) is 10.5. The van der Waals surface area contributed by atoms with Crippen molar-refractivity contribution in [3.63, 3.8) is 0 Å². The highest BCUT2D eigenvalue weighted by molar-refractivity contribution is 7.20. The zero-order valence-electron chi connectivity index (χ0n) is 22.8. The van der Waals surface area contributed by atoms with Gasteiger partial charge in [0.15, 0.2) is 16.8 Å². The van der Waals surface area contributed by atoms with Gasteiger partial charge in [-0.1, -0.05) is 43.4 Å². The number of thiazole rings is 1. The minimum Gasteiger partial charge on any atom is -0.481 e. The molecule has 5 rings (SSSR count). The number of hydrogen-bond acceptors (Lipinski definition) is 9. The molecule has 43 heavy (non-hydrogen) atoms. The summed E-state index contributed by atoms with van der Waals surface area (Å²) in [6.45, 7) is 6.04. The van der Waals surface area contributed by atoms with Crippen LogP contribution < -0.4 is 15.1 Å². The maximum atomic E-state index is 15.7. The Kier molecular flexibility index (Phi) is 10.3. The number of aliphatic carboxylic acids is 1. The number of alkyl halides is 3. The molecule has 0 saturated carbocycles. The van der Waals surface area contributed by atoms with Crippen molar-refractivity contribution < 1.29 is 27.5 Å². The molecule has 2 aliphatic heterocycles. The van der Waals surface area contributed by atoms with Crippen LogP contribution in [0.3, 0.4) is 0 Å². The number of nitrogens with zero attached hydrogens (tertiary/aromatic N) is 6. The monoisotopic (exact) mass is 643 g/mol. The molecule has 15 heteroatoms. The van der Waals surface area contributed by atoms with Crippen LogP contribution in [0.2, 0.25) is 5.02 Å². The number of carboxylic acid groups (broad SMARTS) is 1. The lowest BCUT2D eigenvalue weighted by molar-refractivity contribution is -0.138. The molecule has 9 nitrogen and oxygen atoms in total. The first-order valence-electron chi connectivity index (χ1n) is 13.6. The highest BCUT2D eigenvalue weighted by Crippen LogP contribution is 2.44. The molecule has 3 aromatic rings. The molecule has 0 unspecified atom stereocenters. The summed E-state index contributed by atoms with van der Waals surface area (Å²) in [6, 6.07) is 3.72. The van der Waals surface area contributed by atoms with Crippen LogP contribution in [-0.4, -0.2) is 76.7 Å². The summed E-state index contributed by atoms with van der Waals surface area (Å²) in [5.41, 5.74) is -0.337. The molecular weight excluding hydrogens is 610 g/mol. The first-order valence-corrected chi connectivity index (χ1v) is 14.8. The molecule has 0 bridgehead atoms. The third-order valence-electron chi connectivity index (χ3n) is 7.41. The third kappa shape index (κ3) is 7.65. The van der Waals surface area contributed by atoms with Gasteiger partial charge in [-0.05, 0) is 30.9 Å². The van der Waals surface area contributed by atoms with E-state index in [1.807, 2.05) is 4.90 Å². The molecule has 0 amide bonds. The SMILES string of the molecule is C.C[C@H]1CCCN(c2sc(Nc3ncnc(N4CCN(CCC(=O)O)CC4)c3F)nc2-c2ccc(Cl)c(C(F)(F)F)c2)C1. The highest BCUT2D eigenvalue weighted by Gasteiger charge is 2.34. The summed E-state index contributed by atoms with van der Waals surface area (Å²) < 4.78 is 56.6. The van der Waals surface area contributed by atoms with E-state index in [1.165, 1.54) is 29.8 Å². The van der Waals surface area contributed by atoms with Gasteiger partial charge in [0.25, 0.3) is 0 Å². The van der Waals surface area contributed by atoms with Crippen molar-refractivity contribution in [3.8, 4) is 11.3 Å². The van der Waals surface area contributed by atoms with Gasteiger partial charge in [0, 0.05) is 51.4 Å². The van der Waals surface area contributed by atoms with Crippen molar-refractivity contribution in [1.29, 1.82) is 0 Å². The second kappa shape index (κ2) is 13.6. The molecule has 0 aliphatic carbocycles. The fourth-order valence-corrected chi connectivity index (χ4v) is 6.49. The molecule has 2 N–H and O–H groups in total. The van der Waals surface area contributed by atoms with E-state index < -0.39 is 28.5 Å². The number of hydrogen-bond donors (Lipinski definition) is 2. The van der Waals surface area contributed by atoms with E-state index in [-0.39, 0.29) is 36.2 Å². The summed E-state index contributed by atoms with van der Waals surface area (Å²) in [6.07, 6.45) is -1.36. The normalized spacial score (nSPS) is 18.0. The van der Waals surface area contributed by atoms with Crippen LogP contribution in [0.1, 0.15) is 39.2 Å². The Labute approximate surface area is 256 Å². The number of benzene rings is 1. The topological polar surface area (TPSA) is 97.7 Å². The molecule has 1 aromatic carbocycles. The van der Waals surface area contributed by atoms with Gasteiger partial charge in [-0.3, -0.25) is 9.69 Å². The lowest BCUT2D eigenvalue weighted by Crippen LogP contribution is -2.47. The Morgan fingerprint density at radius 1 is 1.16 bits per heavy atom. The first-order chi connectivity index (χ1) is 20.0. The van der Waals surface area contributed by atoms with Crippen LogP contribution in [0, 0.1) is 11.7 Å². The van der Waals surface area contributed by atoms with E-state index in [9.17, 15) is 18.0 Å². The number of aromatic nitrogens is 3. The van der Waals surface area contributed by atoms with Gasteiger partial charge in [0.2, 0.25) is 5.82 Å². The van der Waals surface area contributed by atoms with Crippen LogP contribution in [0.15, 0.2) is 24.5 Å². The largest absolute Gasteiger partial charge is 0.481 e. The zero-order valence-corrected chi connectivity index (χ0v) is 24.4. The van der Waals surface area contributed by atoms with Gasteiger partial charge in [-0.2, -0.15) is 17.6 Å². The van der Waals surface area contributed by atoms with E-state index in [0.29, 0.717) is 49.3 Å². The molecular formula is C28H34ClF4N7O2S. The fourth-order valence-electron chi connectivity index (χ4n) is 5.24. The van der Waals surface area contributed by atoms with Gasteiger partial charge < -0.3 is 20.2 Å². The lowest BCUT2D eigenvalue weighted by atomic mass is 10.00. The Bertz CT molecular complexity index is 1430. The minimum absolute atomic E-state index is 0. The number of halogens is 5. The average molecular weight is 644 g/mol. The average Bonchev–Trinajstić information content (AvgIpc) is 3.37. The third-order valence-corrected chi connectivity index (χ3v) is 8.77. The number of rotatable bonds is 8.